The van der Waals surface area contributed by atoms with Crippen LogP contribution in [0.3, 0.4) is 0 Å². The van der Waals surface area contributed by atoms with E-state index >= 15 is 0 Å². The molecule has 23 heavy (non-hydrogen) atoms. The molecule has 0 unspecified atom stereocenters. The largest absolute Gasteiger partial charge is 0.456 e. The quantitative estimate of drug-likeness (QED) is 0.561. The zero-order valence-corrected chi connectivity index (χ0v) is 13.5. The average Bonchev–Trinajstić information content (AvgIpc) is 2.92. The molecule has 0 aliphatic heterocycles. The van der Waals surface area contributed by atoms with Gasteiger partial charge in [-0.25, -0.2) is 0 Å². The van der Waals surface area contributed by atoms with Gasteiger partial charge < -0.3 is 4.42 Å². The molecule has 0 fully saturated rings. The summed E-state index contributed by atoms with van der Waals surface area (Å²) in [5.74, 6) is 0.281. The molecule has 2 aromatic carbocycles. The molecule has 0 bridgehead atoms. The molecule has 3 rings (SSSR count). The summed E-state index contributed by atoms with van der Waals surface area (Å²) in [6, 6.07) is 11.1. The van der Waals surface area contributed by atoms with Crippen molar-refractivity contribution in [1.29, 1.82) is 0 Å². The van der Waals surface area contributed by atoms with Crippen LogP contribution in [-0.2, 0) is 0 Å². The number of benzene rings is 2. The van der Waals surface area contributed by atoms with Crippen molar-refractivity contribution in [3.63, 3.8) is 0 Å². The average molecular weight is 308 g/mol. The lowest BCUT2D eigenvalue weighted by Gasteiger charge is -2.00. The molecule has 0 radical (unpaired) electrons. The van der Waals surface area contributed by atoms with Crippen molar-refractivity contribution in [2.24, 2.45) is 0 Å². The Morgan fingerprint density at radius 1 is 0.783 bits per heavy atom. The summed E-state index contributed by atoms with van der Waals surface area (Å²) in [5, 5.41) is 1.79. The zero-order valence-electron chi connectivity index (χ0n) is 13.5. The van der Waals surface area contributed by atoms with Gasteiger partial charge in [-0.05, 0) is 49.2 Å². The highest BCUT2D eigenvalue weighted by molar-refractivity contribution is 6.10. The molecule has 3 heteroatoms. The number of hydrogen-bond donors (Lipinski definition) is 0. The third kappa shape index (κ3) is 2.91. The summed E-state index contributed by atoms with van der Waals surface area (Å²) in [5.41, 5.74) is 2.89. The minimum atomic E-state index is 0.141. The second kappa shape index (κ2) is 6.37. The van der Waals surface area contributed by atoms with Gasteiger partial charge in [0.15, 0.2) is 11.6 Å². The highest BCUT2D eigenvalue weighted by Crippen LogP contribution is 2.31. The topological polar surface area (TPSA) is 47.3 Å². The molecule has 0 spiro atoms. The first kappa shape index (κ1) is 15.5. The molecule has 0 N–H and O–H groups in total. The summed E-state index contributed by atoms with van der Waals surface area (Å²) in [6.07, 6.45) is 2.75. The van der Waals surface area contributed by atoms with Gasteiger partial charge in [-0.1, -0.05) is 13.8 Å². The lowest BCUT2D eigenvalue weighted by atomic mass is 10.0. The van der Waals surface area contributed by atoms with Gasteiger partial charge in [0.25, 0.3) is 0 Å². The van der Waals surface area contributed by atoms with Crippen molar-refractivity contribution in [1.82, 2.24) is 0 Å². The molecular formula is C20H20O3. The molecular weight excluding hydrogens is 288 g/mol. The maximum Gasteiger partial charge on any atom is 0.162 e. The van der Waals surface area contributed by atoms with E-state index in [0.717, 1.165) is 34.8 Å². The first-order chi connectivity index (χ1) is 11.1. The van der Waals surface area contributed by atoms with Gasteiger partial charge >= 0.3 is 0 Å². The number of hydrogen-bond acceptors (Lipinski definition) is 3. The van der Waals surface area contributed by atoms with E-state index in [2.05, 4.69) is 0 Å². The number of fused-ring (bicyclic) bond motifs is 3. The van der Waals surface area contributed by atoms with E-state index in [1.165, 1.54) is 0 Å². The summed E-state index contributed by atoms with van der Waals surface area (Å²) in [4.78, 5) is 24.2. The summed E-state index contributed by atoms with van der Waals surface area (Å²) < 4.78 is 5.82. The van der Waals surface area contributed by atoms with E-state index in [4.69, 9.17) is 4.42 Å². The van der Waals surface area contributed by atoms with Gasteiger partial charge in [-0.3, -0.25) is 9.59 Å². The van der Waals surface area contributed by atoms with Crippen molar-refractivity contribution in [3.8, 4) is 0 Å². The standard InChI is InChI=1S/C20H20O3/c1-3-5-17(21)13-7-9-19-15(11-13)16-12-14(18(22)6-4-2)8-10-20(16)23-19/h7-12H,3-6H2,1-2H3. The summed E-state index contributed by atoms with van der Waals surface area (Å²) in [7, 11) is 0. The van der Waals surface area contributed by atoms with Crippen LogP contribution < -0.4 is 0 Å². The number of ketones is 2. The molecule has 0 aliphatic carbocycles. The van der Waals surface area contributed by atoms with E-state index in [1.807, 2.05) is 50.2 Å². The van der Waals surface area contributed by atoms with Crippen LogP contribution in [0.15, 0.2) is 40.8 Å². The zero-order chi connectivity index (χ0) is 16.4. The number of rotatable bonds is 6. The number of furan rings is 1. The third-order valence-electron chi connectivity index (χ3n) is 4.07. The Kier molecular flexibility index (Phi) is 4.28. The van der Waals surface area contributed by atoms with Crippen LogP contribution in [0.5, 0.6) is 0 Å². The molecule has 0 atom stereocenters. The van der Waals surface area contributed by atoms with Crippen LogP contribution in [0.25, 0.3) is 21.9 Å². The fraction of sp³-hybridized carbons (Fsp3) is 0.300. The molecule has 118 valence electrons. The Morgan fingerprint density at radius 3 is 1.61 bits per heavy atom. The minimum Gasteiger partial charge on any atom is -0.456 e. The first-order valence-electron chi connectivity index (χ1n) is 8.16. The maximum atomic E-state index is 12.1. The van der Waals surface area contributed by atoms with Crippen LogP contribution in [0.1, 0.15) is 60.2 Å². The van der Waals surface area contributed by atoms with Gasteiger partial charge in [-0.15, -0.1) is 0 Å². The van der Waals surface area contributed by atoms with Crippen molar-refractivity contribution >= 4 is 33.5 Å². The highest BCUT2D eigenvalue weighted by atomic mass is 16.3. The predicted molar refractivity (Wildman–Crippen MR) is 92.2 cm³/mol. The van der Waals surface area contributed by atoms with E-state index in [0.29, 0.717) is 24.0 Å². The Hall–Kier alpha value is -2.42. The van der Waals surface area contributed by atoms with Crippen molar-refractivity contribution in [2.75, 3.05) is 0 Å². The molecule has 1 aromatic heterocycles. The van der Waals surface area contributed by atoms with E-state index in [-0.39, 0.29) is 11.6 Å². The Morgan fingerprint density at radius 2 is 1.22 bits per heavy atom. The Balaban J connectivity index is 2.13. The van der Waals surface area contributed by atoms with Gasteiger partial charge in [0.05, 0.1) is 0 Å². The van der Waals surface area contributed by atoms with Crippen LogP contribution in [-0.4, -0.2) is 11.6 Å². The fourth-order valence-electron chi connectivity index (χ4n) is 2.87. The van der Waals surface area contributed by atoms with E-state index in [9.17, 15) is 9.59 Å². The maximum absolute atomic E-state index is 12.1. The number of Topliss-reactive ketones (excluding diaryl/α,β-unsaturated/α-hetero) is 2. The second-order valence-electron chi connectivity index (χ2n) is 5.87. The van der Waals surface area contributed by atoms with Crippen LogP contribution >= 0.6 is 0 Å². The monoisotopic (exact) mass is 308 g/mol. The van der Waals surface area contributed by atoms with Crippen LogP contribution in [0.4, 0.5) is 0 Å². The first-order valence-corrected chi connectivity index (χ1v) is 8.16. The van der Waals surface area contributed by atoms with Gasteiger partial charge in [-0.2, -0.15) is 0 Å². The molecule has 0 saturated carbocycles. The molecule has 0 amide bonds. The van der Waals surface area contributed by atoms with Gasteiger partial charge in [0.1, 0.15) is 11.2 Å². The SMILES string of the molecule is CCCC(=O)c1ccc2oc3ccc(C(=O)CCC)cc3c2c1. The minimum absolute atomic E-state index is 0.141. The lowest BCUT2D eigenvalue weighted by molar-refractivity contribution is 0.0973. The molecule has 3 nitrogen and oxygen atoms in total. The van der Waals surface area contributed by atoms with E-state index in [1.54, 1.807) is 0 Å². The van der Waals surface area contributed by atoms with Gasteiger partial charge in [0.2, 0.25) is 0 Å². The number of carbonyl (C=O) groups excluding carboxylic acids is 2. The summed E-state index contributed by atoms with van der Waals surface area (Å²) >= 11 is 0. The predicted octanol–water partition coefficient (Wildman–Crippen LogP) is 5.55. The van der Waals surface area contributed by atoms with Crippen LogP contribution in [0, 0.1) is 0 Å². The third-order valence-corrected chi connectivity index (χ3v) is 4.07. The lowest BCUT2D eigenvalue weighted by Crippen LogP contribution is -1.98. The highest BCUT2D eigenvalue weighted by Gasteiger charge is 2.13. The molecule has 1 heterocycles. The van der Waals surface area contributed by atoms with Crippen molar-refractivity contribution in [2.45, 2.75) is 39.5 Å². The molecule has 0 saturated heterocycles. The number of carbonyl (C=O) groups is 2. The molecule has 3 aromatic rings. The second-order valence-corrected chi connectivity index (χ2v) is 5.87. The van der Waals surface area contributed by atoms with Crippen molar-refractivity contribution in [3.05, 3.63) is 47.5 Å². The summed E-state index contributed by atoms with van der Waals surface area (Å²) in [6.45, 7) is 3.99. The fourth-order valence-corrected chi connectivity index (χ4v) is 2.87. The van der Waals surface area contributed by atoms with E-state index < -0.39 is 0 Å². The van der Waals surface area contributed by atoms with Gasteiger partial charge in [0, 0.05) is 34.7 Å². The normalized spacial score (nSPS) is 11.2. The van der Waals surface area contributed by atoms with Crippen LogP contribution in [0.2, 0.25) is 0 Å². The van der Waals surface area contributed by atoms with Crippen molar-refractivity contribution < 1.29 is 14.0 Å². The Bertz CT molecular complexity index is 814. The molecule has 0 aliphatic rings. The smallest absolute Gasteiger partial charge is 0.162 e. The Labute approximate surface area is 135 Å².